The summed E-state index contributed by atoms with van der Waals surface area (Å²) in [7, 11) is 0. The lowest BCUT2D eigenvalue weighted by Gasteiger charge is -2.18. The zero-order chi connectivity index (χ0) is 19.3. The molecule has 1 N–H and O–H groups in total. The van der Waals surface area contributed by atoms with Crippen molar-refractivity contribution in [3.05, 3.63) is 78.1 Å². The molecule has 28 heavy (non-hydrogen) atoms. The van der Waals surface area contributed by atoms with Crippen molar-refractivity contribution in [1.82, 2.24) is 19.8 Å². The smallest absolute Gasteiger partial charge is 0.188 e. The molecule has 1 atom stereocenters. The van der Waals surface area contributed by atoms with Crippen LogP contribution < -0.4 is 5.32 Å². The molecule has 0 spiro atoms. The van der Waals surface area contributed by atoms with Gasteiger partial charge in [-0.2, -0.15) is 4.52 Å². The van der Waals surface area contributed by atoms with Crippen molar-refractivity contribution < 1.29 is 9.13 Å². The molecule has 0 saturated carbocycles. The van der Waals surface area contributed by atoms with E-state index in [9.17, 15) is 4.39 Å². The number of nitrogens with one attached hydrogen (secondary N) is 1. The third kappa shape index (κ3) is 3.70. The van der Waals surface area contributed by atoms with Gasteiger partial charge in [-0.05, 0) is 36.8 Å². The minimum Gasteiger partial charge on any atom is -0.372 e. The van der Waals surface area contributed by atoms with E-state index in [1.165, 1.54) is 6.07 Å². The van der Waals surface area contributed by atoms with Crippen LogP contribution in [0.5, 0.6) is 0 Å². The number of hydrogen-bond acceptors (Lipinski definition) is 5. The number of benzene rings is 2. The minimum absolute atomic E-state index is 0.101. The van der Waals surface area contributed by atoms with Crippen LogP contribution in [-0.2, 0) is 4.74 Å². The zero-order valence-electron chi connectivity index (χ0n) is 15.4. The van der Waals surface area contributed by atoms with E-state index in [4.69, 9.17) is 4.74 Å². The number of aromatic nitrogens is 4. The molecule has 0 aliphatic rings. The fourth-order valence-electron chi connectivity index (χ4n) is 3.03. The lowest BCUT2D eigenvalue weighted by molar-refractivity contribution is 0.0718. The Balaban J connectivity index is 1.59. The summed E-state index contributed by atoms with van der Waals surface area (Å²) in [4.78, 5) is 0. The predicted molar refractivity (Wildman–Crippen MR) is 105 cm³/mol. The fourth-order valence-corrected chi connectivity index (χ4v) is 3.03. The first-order valence-corrected chi connectivity index (χ1v) is 9.14. The standard InChI is InChI=1S/C21H20FN5O/c1-2-28-18(15-8-4-3-5-9-15)14-23-19-12-13-20-24-25-21(27(20)26-19)16-10-6-7-11-17(16)22/h3-13,18H,2,14H2,1H3,(H,23,26). The maximum absolute atomic E-state index is 14.2. The van der Waals surface area contributed by atoms with Gasteiger partial charge in [0, 0.05) is 13.2 Å². The van der Waals surface area contributed by atoms with Crippen LogP contribution in [0.15, 0.2) is 66.7 Å². The minimum atomic E-state index is -0.363. The molecule has 2 heterocycles. The van der Waals surface area contributed by atoms with E-state index in [0.29, 0.717) is 36.0 Å². The van der Waals surface area contributed by atoms with Crippen LogP contribution in [-0.4, -0.2) is 33.0 Å². The molecule has 4 rings (SSSR count). The molecule has 0 radical (unpaired) electrons. The summed E-state index contributed by atoms with van der Waals surface area (Å²) in [6, 6.07) is 20.1. The van der Waals surface area contributed by atoms with Crippen LogP contribution >= 0.6 is 0 Å². The van der Waals surface area contributed by atoms with Crippen molar-refractivity contribution in [2.24, 2.45) is 0 Å². The van der Waals surface area contributed by atoms with Crippen molar-refractivity contribution in [2.45, 2.75) is 13.0 Å². The van der Waals surface area contributed by atoms with Gasteiger partial charge in [-0.15, -0.1) is 15.3 Å². The number of anilines is 1. The van der Waals surface area contributed by atoms with Gasteiger partial charge in [0.25, 0.3) is 0 Å². The zero-order valence-corrected chi connectivity index (χ0v) is 15.4. The molecule has 2 aromatic heterocycles. The number of ether oxygens (including phenoxy) is 1. The fraction of sp³-hybridized carbons (Fsp3) is 0.190. The molecule has 0 aliphatic heterocycles. The van der Waals surface area contributed by atoms with Crippen molar-refractivity contribution in [2.75, 3.05) is 18.5 Å². The number of nitrogens with zero attached hydrogens (tertiary/aromatic N) is 4. The summed E-state index contributed by atoms with van der Waals surface area (Å²) in [5.41, 5.74) is 2.00. The third-order valence-corrected chi connectivity index (χ3v) is 4.39. The summed E-state index contributed by atoms with van der Waals surface area (Å²) >= 11 is 0. The Labute approximate surface area is 162 Å². The van der Waals surface area contributed by atoms with Crippen LogP contribution in [0.4, 0.5) is 10.2 Å². The molecule has 2 aromatic carbocycles. The molecule has 0 fully saturated rings. The van der Waals surface area contributed by atoms with Gasteiger partial charge in [0.05, 0.1) is 11.7 Å². The average Bonchev–Trinajstić information content (AvgIpc) is 3.15. The summed E-state index contributed by atoms with van der Waals surface area (Å²) in [5, 5.41) is 16.0. The molecule has 0 saturated heterocycles. The van der Waals surface area contributed by atoms with Gasteiger partial charge in [0.15, 0.2) is 11.5 Å². The summed E-state index contributed by atoms with van der Waals surface area (Å²) in [6.07, 6.45) is -0.101. The first-order chi connectivity index (χ1) is 13.8. The van der Waals surface area contributed by atoms with Gasteiger partial charge in [0.2, 0.25) is 0 Å². The molecule has 4 aromatic rings. The Bertz CT molecular complexity index is 1070. The number of rotatable bonds is 7. The first kappa shape index (κ1) is 18.1. The molecule has 0 amide bonds. The molecular weight excluding hydrogens is 357 g/mol. The van der Waals surface area contributed by atoms with Crippen molar-refractivity contribution >= 4 is 11.5 Å². The highest BCUT2D eigenvalue weighted by atomic mass is 19.1. The van der Waals surface area contributed by atoms with E-state index < -0.39 is 0 Å². The van der Waals surface area contributed by atoms with Crippen molar-refractivity contribution in [1.29, 1.82) is 0 Å². The van der Waals surface area contributed by atoms with Crippen LogP contribution in [0.1, 0.15) is 18.6 Å². The summed E-state index contributed by atoms with van der Waals surface area (Å²) in [6.45, 7) is 3.13. The second kappa shape index (κ2) is 8.14. The number of halogens is 1. The monoisotopic (exact) mass is 377 g/mol. The van der Waals surface area contributed by atoms with Gasteiger partial charge in [-0.25, -0.2) is 4.39 Å². The summed E-state index contributed by atoms with van der Waals surface area (Å²) < 4.78 is 21.6. The third-order valence-electron chi connectivity index (χ3n) is 4.39. The second-order valence-corrected chi connectivity index (χ2v) is 6.23. The van der Waals surface area contributed by atoms with Crippen LogP contribution in [0.25, 0.3) is 17.0 Å². The van der Waals surface area contributed by atoms with E-state index in [-0.39, 0.29) is 11.9 Å². The Morgan fingerprint density at radius 2 is 1.79 bits per heavy atom. The summed E-state index contributed by atoms with van der Waals surface area (Å²) in [5.74, 6) is 0.629. The van der Waals surface area contributed by atoms with E-state index in [2.05, 4.69) is 20.6 Å². The lowest BCUT2D eigenvalue weighted by Crippen LogP contribution is -2.17. The lowest BCUT2D eigenvalue weighted by atomic mass is 10.1. The molecular formula is C21H20FN5O. The molecule has 142 valence electrons. The van der Waals surface area contributed by atoms with E-state index in [1.54, 1.807) is 28.8 Å². The Hall–Kier alpha value is -3.32. The topological polar surface area (TPSA) is 64.3 Å². The molecule has 0 aliphatic carbocycles. The molecule has 6 nitrogen and oxygen atoms in total. The predicted octanol–water partition coefficient (Wildman–Crippen LogP) is 4.12. The SMILES string of the molecule is CCOC(CNc1ccc2nnc(-c3ccccc3F)n2n1)c1ccccc1. The van der Waals surface area contributed by atoms with Gasteiger partial charge in [-0.3, -0.25) is 0 Å². The highest BCUT2D eigenvalue weighted by Crippen LogP contribution is 2.22. The van der Waals surface area contributed by atoms with Crippen LogP contribution in [0, 0.1) is 5.82 Å². The van der Waals surface area contributed by atoms with Gasteiger partial charge < -0.3 is 10.1 Å². The average molecular weight is 377 g/mol. The number of hydrogen-bond donors (Lipinski definition) is 1. The van der Waals surface area contributed by atoms with Gasteiger partial charge >= 0.3 is 0 Å². The van der Waals surface area contributed by atoms with E-state index in [0.717, 1.165) is 5.56 Å². The quantitative estimate of drug-likeness (QED) is 0.525. The van der Waals surface area contributed by atoms with Crippen molar-refractivity contribution in [3.8, 4) is 11.4 Å². The van der Waals surface area contributed by atoms with Gasteiger partial charge in [-0.1, -0.05) is 42.5 Å². The molecule has 7 heteroatoms. The second-order valence-electron chi connectivity index (χ2n) is 6.23. The Morgan fingerprint density at radius 1 is 1.00 bits per heavy atom. The van der Waals surface area contributed by atoms with E-state index in [1.807, 2.05) is 43.3 Å². The molecule has 0 bridgehead atoms. The Morgan fingerprint density at radius 3 is 2.57 bits per heavy atom. The van der Waals surface area contributed by atoms with Gasteiger partial charge in [0.1, 0.15) is 11.6 Å². The van der Waals surface area contributed by atoms with Crippen LogP contribution in [0.2, 0.25) is 0 Å². The highest BCUT2D eigenvalue weighted by molar-refractivity contribution is 5.60. The maximum atomic E-state index is 14.2. The largest absolute Gasteiger partial charge is 0.372 e. The Kier molecular flexibility index (Phi) is 5.25. The number of fused-ring (bicyclic) bond motifs is 1. The van der Waals surface area contributed by atoms with Crippen molar-refractivity contribution in [3.63, 3.8) is 0 Å². The normalized spacial score (nSPS) is 12.2. The maximum Gasteiger partial charge on any atom is 0.188 e. The van der Waals surface area contributed by atoms with Crippen LogP contribution in [0.3, 0.4) is 0 Å². The highest BCUT2D eigenvalue weighted by Gasteiger charge is 2.15. The van der Waals surface area contributed by atoms with E-state index >= 15 is 0 Å². The first-order valence-electron chi connectivity index (χ1n) is 9.14. The molecule has 1 unspecified atom stereocenters.